The van der Waals surface area contributed by atoms with Gasteiger partial charge in [-0.3, -0.25) is 4.90 Å². The maximum atomic E-state index is 5.34. The summed E-state index contributed by atoms with van der Waals surface area (Å²) in [4.78, 5) is 6.68. The first kappa shape index (κ1) is 13.3. The fourth-order valence-electron chi connectivity index (χ4n) is 3.14. The van der Waals surface area contributed by atoms with E-state index in [2.05, 4.69) is 46.4 Å². The monoisotopic (exact) mass is 295 g/mol. The molecule has 0 amide bonds. The molecule has 0 fully saturated rings. The van der Waals surface area contributed by atoms with Crippen LogP contribution in [0.2, 0.25) is 0 Å². The topological polar surface area (TPSA) is 55.3 Å². The first-order valence-electron chi connectivity index (χ1n) is 7.46. The van der Waals surface area contributed by atoms with Gasteiger partial charge in [-0.15, -0.1) is 0 Å². The maximum Gasteiger partial charge on any atom is 0.241 e. The lowest BCUT2D eigenvalue weighted by atomic mass is 10.1. The van der Waals surface area contributed by atoms with Crippen LogP contribution in [0.25, 0.3) is 11.6 Å². The average Bonchev–Trinajstić information content (AvgIpc) is 3.27. The number of aromatic nitrogens is 2. The minimum atomic E-state index is 0.412. The van der Waals surface area contributed by atoms with E-state index in [1.54, 1.807) is 6.26 Å². The van der Waals surface area contributed by atoms with E-state index in [9.17, 15) is 0 Å². The van der Waals surface area contributed by atoms with Crippen LogP contribution in [-0.2, 0) is 13.0 Å². The van der Waals surface area contributed by atoms with E-state index in [0.29, 0.717) is 30.1 Å². The van der Waals surface area contributed by atoms with Crippen molar-refractivity contribution in [3.8, 4) is 11.6 Å². The van der Waals surface area contributed by atoms with E-state index < -0.39 is 0 Å². The summed E-state index contributed by atoms with van der Waals surface area (Å²) in [7, 11) is 2.10. The zero-order valence-electron chi connectivity index (χ0n) is 12.4. The van der Waals surface area contributed by atoms with E-state index >= 15 is 0 Å². The van der Waals surface area contributed by atoms with Crippen molar-refractivity contribution in [2.24, 2.45) is 0 Å². The molecule has 0 bridgehead atoms. The molecule has 0 N–H and O–H groups in total. The highest BCUT2D eigenvalue weighted by molar-refractivity contribution is 5.44. The van der Waals surface area contributed by atoms with Crippen molar-refractivity contribution >= 4 is 0 Å². The summed E-state index contributed by atoms with van der Waals surface area (Å²) in [6.45, 7) is 0.632. The molecule has 5 nitrogen and oxygen atoms in total. The minimum absolute atomic E-state index is 0.412. The van der Waals surface area contributed by atoms with Gasteiger partial charge in [0.25, 0.3) is 0 Å². The maximum absolute atomic E-state index is 5.34. The number of hydrogen-bond acceptors (Lipinski definition) is 5. The highest BCUT2D eigenvalue weighted by Gasteiger charge is 2.26. The number of benzene rings is 1. The van der Waals surface area contributed by atoms with Crippen molar-refractivity contribution < 1.29 is 8.94 Å². The predicted molar refractivity (Wildman–Crippen MR) is 81.0 cm³/mol. The number of furan rings is 1. The molecule has 112 valence electrons. The average molecular weight is 295 g/mol. The van der Waals surface area contributed by atoms with Crippen LogP contribution >= 0.6 is 0 Å². The molecule has 3 aromatic rings. The van der Waals surface area contributed by atoms with Crippen molar-refractivity contribution in [3.63, 3.8) is 0 Å². The third kappa shape index (κ3) is 2.33. The summed E-state index contributed by atoms with van der Waals surface area (Å²) in [6, 6.07) is 12.7. The lowest BCUT2D eigenvalue weighted by Crippen LogP contribution is -2.22. The van der Waals surface area contributed by atoms with Crippen molar-refractivity contribution in [2.45, 2.75) is 25.4 Å². The van der Waals surface area contributed by atoms with Gasteiger partial charge < -0.3 is 8.94 Å². The Balaban J connectivity index is 1.50. The molecule has 0 radical (unpaired) electrons. The van der Waals surface area contributed by atoms with E-state index in [1.165, 1.54) is 11.1 Å². The quantitative estimate of drug-likeness (QED) is 0.738. The molecule has 5 heteroatoms. The second-order valence-electron chi connectivity index (χ2n) is 5.66. The SMILES string of the molecule is CN(Cc1nc(-c2ccco2)no1)C1CCc2ccccc21. The Morgan fingerprint density at radius 1 is 1.23 bits per heavy atom. The Labute approximate surface area is 128 Å². The molecular formula is C17H17N3O2. The van der Waals surface area contributed by atoms with Gasteiger partial charge in [-0.2, -0.15) is 4.98 Å². The lowest BCUT2D eigenvalue weighted by molar-refractivity contribution is 0.204. The van der Waals surface area contributed by atoms with Crippen LogP contribution in [0.15, 0.2) is 51.6 Å². The first-order chi connectivity index (χ1) is 10.8. The smallest absolute Gasteiger partial charge is 0.241 e. The Hall–Kier alpha value is -2.40. The molecule has 2 heterocycles. The molecule has 1 unspecified atom stereocenters. The van der Waals surface area contributed by atoms with Gasteiger partial charge in [0.2, 0.25) is 11.7 Å². The molecule has 0 saturated heterocycles. The van der Waals surface area contributed by atoms with Gasteiger partial charge in [0.1, 0.15) is 0 Å². The molecule has 0 spiro atoms. The molecule has 1 aromatic carbocycles. The van der Waals surface area contributed by atoms with Gasteiger partial charge >= 0.3 is 0 Å². The molecule has 1 atom stereocenters. The van der Waals surface area contributed by atoms with Crippen molar-refractivity contribution in [1.29, 1.82) is 0 Å². The summed E-state index contributed by atoms with van der Waals surface area (Å²) in [5, 5.41) is 3.98. The van der Waals surface area contributed by atoms with Gasteiger partial charge in [-0.05, 0) is 43.1 Å². The van der Waals surface area contributed by atoms with Gasteiger partial charge in [-0.25, -0.2) is 0 Å². The highest BCUT2D eigenvalue weighted by Crippen LogP contribution is 2.35. The Morgan fingerprint density at radius 2 is 2.14 bits per heavy atom. The van der Waals surface area contributed by atoms with Crippen LogP contribution in [-0.4, -0.2) is 22.1 Å². The number of nitrogens with zero attached hydrogens (tertiary/aromatic N) is 3. The molecule has 4 rings (SSSR count). The standard InChI is InChI=1S/C17H17N3O2/c1-20(14-9-8-12-5-2-3-6-13(12)14)11-16-18-17(19-22-16)15-7-4-10-21-15/h2-7,10,14H,8-9,11H2,1H3. The fraction of sp³-hybridized carbons (Fsp3) is 0.294. The second kappa shape index (κ2) is 5.42. The third-order valence-electron chi connectivity index (χ3n) is 4.23. The number of rotatable bonds is 4. The van der Waals surface area contributed by atoms with Crippen molar-refractivity contribution in [3.05, 3.63) is 59.7 Å². The Kier molecular flexibility index (Phi) is 3.27. The van der Waals surface area contributed by atoms with Gasteiger partial charge in [0.15, 0.2) is 5.76 Å². The zero-order valence-corrected chi connectivity index (χ0v) is 12.4. The largest absolute Gasteiger partial charge is 0.461 e. The van der Waals surface area contributed by atoms with Crippen LogP contribution in [0.3, 0.4) is 0 Å². The highest BCUT2D eigenvalue weighted by atomic mass is 16.5. The third-order valence-corrected chi connectivity index (χ3v) is 4.23. The predicted octanol–water partition coefficient (Wildman–Crippen LogP) is 3.45. The van der Waals surface area contributed by atoms with Gasteiger partial charge in [0, 0.05) is 6.04 Å². The molecule has 1 aliphatic rings. The normalized spacial score (nSPS) is 17.1. The molecule has 22 heavy (non-hydrogen) atoms. The first-order valence-corrected chi connectivity index (χ1v) is 7.46. The number of aryl methyl sites for hydroxylation is 1. The van der Waals surface area contributed by atoms with Crippen LogP contribution in [0.5, 0.6) is 0 Å². The lowest BCUT2D eigenvalue weighted by Gasteiger charge is -2.23. The Bertz CT molecular complexity index is 764. The fourth-order valence-corrected chi connectivity index (χ4v) is 3.14. The van der Waals surface area contributed by atoms with Crippen LogP contribution < -0.4 is 0 Å². The van der Waals surface area contributed by atoms with Crippen LogP contribution in [0.4, 0.5) is 0 Å². The zero-order chi connectivity index (χ0) is 14.9. The molecule has 1 aliphatic carbocycles. The minimum Gasteiger partial charge on any atom is -0.461 e. The van der Waals surface area contributed by atoms with E-state index in [-0.39, 0.29) is 0 Å². The van der Waals surface area contributed by atoms with E-state index in [0.717, 1.165) is 12.8 Å². The van der Waals surface area contributed by atoms with Gasteiger partial charge in [-0.1, -0.05) is 29.4 Å². The molecule has 0 aliphatic heterocycles. The van der Waals surface area contributed by atoms with Gasteiger partial charge in [0.05, 0.1) is 12.8 Å². The van der Waals surface area contributed by atoms with Crippen molar-refractivity contribution in [2.75, 3.05) is 7.05 Å². The summed E-state index contributed by atoms with van der Waals surface area (Å²) < 4.78 is 10.6. The summed E-state index contributed by atoms with van der Waals surface area (Å²) in [5.41, 5.74) is 2.86. The summed E-state index contributed by atoms with van der Waals surface area (Å²) >= 11 is 0. The molecule has 0 saturated carbocycles. The summed E-state index contributed by atoms with van der Waals surface area (Å²) in [5.74, 6) is 1.74. The van der Waals surface area contributed by atoms with E-state index in [4.69, 9.17) is 8.94 Å². The number of fused-ring (bicyclic) bond motifs is 1. The van der Waals surface area contributed by atoms with Crippen molar-refractivity contribution in [1.82, 2.24) is 15.0 Å². The van der Waals surface area contributed by atoms with Crippen LogP contribution in [0, 0.1) is 0 Å². The molecular weight excluding hydrogens is 278 g/mol. The second-order valence-corrected chi connectivity index (χ2v) is 5.66. The molecule has 2 aromatic heterocycles. The van der Waals surface area contributed by atoms with E-state index in [1.807, 2.05) is 12.1 Å². The Morgan fingerprint density at radius 3 is 3.00 bits per heavy atom. The summed E-state index contributed by atoms with van der Waals surface area (Å²) in [6.07, 6.45) is 3.87. The van der Waals surface area contributed by atoms with Crippen LogP contribution in [0.1, 0.15) is 29.5 Å². The number of hydrogen-bond donors (Lipinski definition) is 0.